The maximum atomic E-state index is 12.8. The number of carbonyl (C=O) groups is 1. The molecule has 1 fully saturated rings. The number of amides is 1. The minimum Gasteiger partial charge on any atom is -0.451 e. The molecule has 2 N–H and O–H groups in total. The molecule has 2 unspecified atom stereocenters. The number of rotatable bonds is 4. The molecule has 2 heterocycles. The lowest BCUT2D eigenvalue weighted by Gasteiger charge is -2.30. The summed E-state index contributed by atoms with van der Waals surface area (Å²) in [6.45, 7) is 4.70. The van der Waals surface area contributed by atoms with Crippen LogP contribution in [-0.2, 0) is 6.54 Å². The van der Waals surface area contributed by atoms with Crippen LogP contribution < -0.4 is 10.6 Å². The SMILES string of the molecule is CC1CCNCC1NC(=O)c1oc2ccccc2c1CN(C)C. The zero-order valence-electron chi connectivity index (χ0n) is 14.1. The molecule has 23 heavy (non-hydrogen) atoms. The van der Waals surface area contributed by atoms with Crippen LogP contribution in [0, 0.1) is 5.92 Å². The smallest absolute Gasteiger partial charge is 0.287 e. The topological polar surface area (TPSA) is 57.5 Å². The molecule has 0 saturated carbocycles. The Labute approximate surface area is 137 Å². The average molecular weight is 315 g/mol. The number of nitrogens with zero attached hydrogens (tertiary/aromatic N) is 1. The molecular weight excluding hydrogens is 290 g/mol. The third-order valence-corrected chi connectivity index (χ3v) is 4.52. The van der Waals surface area contributed by atoms with Crippen molar-refractivity contribution in [3.8, 4) is 0 Å². The number of nitrogens with one attached hydrogen (secondary N) is 2. The highest BCUT2D eigenvalue weighted by molar-refractivity contribution is 5.99. The van der Waals surface area contributed by atoms with E-state index in [0.717, 1.165) is 36.0 Å². The van der Waals surface area contributed by atoms with E-state index in [1.165, 1.54) is 0 Å². The molecule has 0 bridgehead atoms. The molecule has 124 valence electrons. The van der Waals surface area contributed by atoms with Crippen LogP contribution in [0.25, 0.3) is 11.0 Å². The van der Waals surface area contributed by atoms with E-state index < -0.39 is 0 Å². The van der Waals surface area contributed by atoms with E-state index in [4.69, 9.17) is 4.42 Å². The van der Waals surface area contributed by atoms with Gasteiger partial charge in [0.05, 0.1) is 0 Å². The first-order valence-corrected chi connectivity index (χ1v) is 8.23. The van der Waals surface area contributed by atoms with E-state index in [2.05, 4.69) is 22.5 Å². The Morgan fingerprint density at radius 1 is 1.39 bits per heavy atom. The molecule has 0 aliphatic carbocycles. The predicted octanol–water partition coefficient (Wildman–Crippen LogP) is 2.22. The second kappa shape index (κ2) is 6.72. The molecule has 1 aromatic heterocycles. The van der Waals surface area contributed by atoms with E-state index in [9.17, 15) is 4.79 Å². The Bertz CT molecular complexity index is 693. The molecule has 1 amide bonds. The highest BCUT2D eigenvalue weighted by Gasteiger charge is 2.26. The van der Waals surface area contributed by atoms with Crippen molar-refractivity contribution in [1.82, 2.24) is 15.5 Å². The van der Waals surface area contributed by atoms with Crippen LogP contribution in [0.1, 0.15) is 29.5 Å². The molecule has 1 aliphatic heterocycles. The fourth-order valence-corrected chi connectivity index (χ4v) is 3.17. The minimum atomic E-state index is -0.112. The van der Waals surface area contributed by atoms with Crippen molar-refractivity contribution < 1.29 is 9.21 Å². The van der Waals surface area contributed by atoms with Gasteiger partial charge in [-0.3, -0.25) is 4.79 Å². The first-order chi connectivity index (χ1) is 11.1. The zero-order valence-corrected chi connectivity index (χ0v) is 14.1. The lowest BCUT2D eigenvalue weighted by atomic mass is 9.94. The fraction of sp³-hybridized carbons (Fsp3) is 0.500. The third kappa shape index (κ3) is 3.41. The van der Waals surface area contributed by atoms with Crippen LogP contribution in [0.15, 0.2) is 28.7 Å². The van der Waals surface area contributed by atoms with E-state index in [-0.39, 0.29) is 11.9 Å². The fourth-order valence-electron chi connectivity index (χ4n) is 3.17. The van der Waals surface area contributed by atoms with Crippen molar-refractivity contribution in [2.24, 2.45) is 5.92 Å². The van der Waals surface area contributed by atoms with Gasteiger partial charge in [-0.1, -0.05) is 25.1 Å². The Balaban J connectivity index is 1.89. The number of furan rings is 1. The van der Waals surface area contributed by atoms with Crippen molar-refractivity contribution >= 4 is 16.9 Å². The summed E-state index contributed by atoms with van der Waals surface area (Å²) >= 11 is 0. The normalized spacial score (nSPS) is 21.7. The summed E-state index contributed by atoms with van der Waals surface area (Å²) in [5.41, 5.74) is 1.73. The quantitative estimate of drug-likeness (QED) is 0.908. The van der Waals surface area contributed by atoms with Gasteiger partial charge >= 0.3 is 0 Å². The number of carbonyl (C=O) groups excluding carboxylic acids is 1. The molecule has 2 aromatic rings. The molecule has 0 radical (unpaired) electrons. The van der Waals surface area contributed by atoms with Gasteiger partial charge in [-0.2, -0.15) is 0 Å². The lowest BCUT2D eigenvalue weighted by molar-refractivity contribution is 0.0887. The van der Waals surface area contributed by atoms with Crippen LogP contribution in [0.5, 0.6) is 0 Å². The summed E-state index contributed by atoms with van der Waals surface area (Å²) in [5, 5.41) is 7.50. The summed E-state index contributed by atoms with van der Waals surface area (Å²) in [5.74, 6) is 0.804. The minimum absolute atomic E-state index is 0.112. The van der Waals surface area contributed by atoms with E-state index in [1.807, 2.05) is 38.4 Å². The summed E-state index contributed by atoms with van der Waals surface area (Å²) in [4.78, 5) is 14.8. The first kappa shape index (κ1) is 16.0. The third-order valence-electron chi connectivity index (χ3n) is 4.52. The van der Waals surface area contributed by atoms with Crippen LogP contribution >= 0.6 is 0 Å². The Hall–Kier alpha value is -1.85. The highest BCUT2D eigenvalue weighted by Crippen LogP contribution is 2.27. The van der Waals surface area contributed by atoms with Crippen molar-refractivity contribution in [2.45, 2.75) is 25.9 Å². The number of benzene rings is 1. The van der Waals surface area contributed by atoms with Gasteiger partial charge in [-0.15, -0.1) is 0 Å². The predicted molar refractivity (Wildman–Crippen MR) is 91.5 cm³/mol. The largest absolute Gasteiger partial charge is 0.451 e. The molecule has 1 saturated heterocycles. The molecule has 2 atom stereocenters. The maximum Gasteiger partial charge on any atom is 0.287 e. The molecular formula is C18H25N3O2. The first-order valence-electron chi connectivity index (χ1n) is 8.23. The van der Waals surface area contributed by atoms with Crippen LogP contribution in [0.2, 0.25) is 0 Å². The molecule has 1 aromatic carbocycles. The van der Waals surface area contributed by atoms with E-state index >= 15 is 0 Å². The van der Waals surface area contributed by atoms with E-state index in [0.29, 0.717) is 18.2 Å². The number of hydrogen-bond acceptors (Lipinski definition) is 4. The second-order valence-corrected chi connectivity index (χ2v) is 6.69. The van der Waals surface area contributed by atoms with Gasteiger partial charge < -0.3 is 20.0 Å². The summed E-state index contributed by atoms with van der Waals surface area (Å²) in [7, 11) is 3.99. The van der Waals surface area contributed by atoms with Gasteiger partial charge in [0.25, 0.3) is 5.91 Å². The van der Waals surface area contributed by atoms with Crippen LogP contribution in [0.4, 0.5) is 0 Å². The molecule has 3 rings (SSSR count). The number of piperidine rings is 1. The molecule has 5 heteroatoms. The lowest BCUT2D eigenvalue weighted by Crippen LogP contribution is -2.50. The Morgan fingerprint density at radius 2 is 2.17 bits per heavy atom. The van der Waals surface area contributed by atoms with Gasteiger partial charge in [-0.25, -0.2) is 0 Å². The number of hydrogen-bond donors (Lipinski definition) is 2. The summed E-state index contributed by atoms with van der Waals surface area (Å²) in [6.07, 6.45) is 1.08. The van der Waals surface area contributed by atoms with E-state index in [1.54, 1.807) is 0 Å². The number of para-hydroxylation sites is 1. The van der Waals surface area contributed by atoms with Crippen molar-refractivity contribution in [3.05, 3.63) is 35.6 Å². The van der Waals surface area contributed by atoms with Crippen molar-refractivity contribution in [1.29, 1.82) is 0 Å². The average Bonchev–Trinajstić information content (AvgIpc) is 2.88. The van der Waals surface area contributed by atoms with Gasteiger partial charge in [0, 0.05) is 30.1 Å². The monoisotopic (exact) mass is 315 g/mol. The summed E-state index contributed by atoms with van der Waals surface area (Å²) in [6, 6.07) is 7.98. The van der Waals surface area contributed by atoms with Crippen molar-refractivity contribution in [2.75, 3.05) is 27.2 Å². The molecule has 1 aliphatic rings. The Kier molecular flexibility index (Phi) is 4.68. The zero-order chi connectivity index (χ0) is 16.4. The van der Waals surface area contributed by atoms with Crippen molar-refractivity contribution in [3.63, 3.8) is 0 Å². The number of fused-ring (bicyclic) bond motifs is 1. The van der Waals surface area contributed by atoms with Gasteiger partial charge in [0.15, 0.2) is 5.76 Å². The molecule has 5 nitrogen and oxygen atoms in total. The second-order valence-electron chi connectivity index (χ2n) is 6.69. The molecule has 0 spiro atoms. The Morgan fingerprint density at radius 3 is 2.91 bits per heavy atom. The van der Waals surface area contributed by atoms with Gasteiger partial charge in [-0.05, 0) is 39.0 Å². The standard InChI is InChI=1S/C18H25N3O2/c1-12-8-9-19-10-15(12)20-18(22)17-14(11-21(2)3)13-6-4-5-7-16(13)23-17/h4-7,12,15,19H,8-11H2,1-3H3,(H,20,22). The van der Waals surface area contributed by atoms with Gasteiger partial charge in [0.2, 0.25) is 0 Å². The van der Waals surface area contributed by atoms with Crippen LogP contribution in [0.3, 0.4) is 0 Å². The van der Waals surface area contributed by atoms with Crippen LogP contribution in [-0.4, -0.2) is 44.0 Å². The summed E-state index contributed by atoms with van der Waals surface area (Å²) < 4.78 is 5.88. The highest BCUT2D eigenvalue weighted by atomic mass is 16.3. The maximum absolute atomic E-state index is 12.8. The van der Waals surface area contributed by atoms with Gasteiger partial charge in [0.1, 0.15) is 5.58 Å².